The highest BCUT2D eigenvalue weighted by molar-refractivity contribution is 6.30. The van der Waals surface area contributed by atoms with E-state index in [2.05, 4.69) is 15.5 Å². The van der Waals surface area contributed by atoms with Crippen LogP contribution in [0.4, 0.5) is 0 Å². The molecule has 0 unspecified atom stereocenters. The van der Waals surface area contributed by atoms with Crippen LogP contribution in [0.25, 0.3) is 11.5 Å². The number of rotatable bonds is 8. The number of aromatic nitrogens is 2. The molecule has 3 rings (SSSR count). The Labute approximate surface area is 162 Å². The topological polar surface area (TPSA) is 77.2 Å². The summed E-state index contributed by atoms with van der Waals surface area (Å²) < 4.78 is 10.8. The molecule has 3 aromatic rings. The summed E-state index contributed by atoms with van der Waals surface area (Å²) in [5.74, 6) is 1.49. The Kier molecular flexibility index (Phi) is 6.44. The van der Waals surface area contributed by atoms with Crippen LogP contribution in [0.2, 0.25) is 5.02 Å². The third-order valence-electron chi connectivity index (χ3n) is 3.97. The number of halogens is 1. The molecule has 140 valence electrons. The number of amides is 1. The van der Waals surface area contributed by atoms with Crippen molar-refractivity contribution in [1.29, 1.82) is 0 Å². The molecular formula is C20H20ClN3O3. The Morgan fingerprint density at radius 1 is 1.15 bits per heavy atom. The monoisotopic (exact) mass is 385 g/mol. The van der Waals surface area contributed by atoms with Crippen molar-refractivity contribution in [3.05, 3.63) is 65.0 Å². The van der Waals surface area contributed by atoms with E-state index in [4.69, 9.17) is 20.8 Å². The Balaban J connectivity index is 1.46. The van der Waals surface area contributed by atoms with Crippen LogP contribution in [0, 0.1) is 0 Å². The van der Waals surface area contributed by atoms with Crippen molar-refractivity contribution in [2.75, 3.05) is 13.7 Å². The van der Waals surface area contributed by atoms with E-state index in [0.717, 1.165) is 17.5 Å². The number of ether oxygens (including phenoxy) is 1. The molecule has 0 fully saturated rings. The zero-order valence-electron chi connectivity index (χ0n) is 14.9. The number of nitrogens with one attached hydrogen (secondary N) is 1. The van der Waals surface area contributed by atoms with Crippen molar-refractivity contribution in [1.82, 2.24) is 15.5 Å². The molecule has 1 aromatic heterocycles. The molecular weight excluding hydrogens is 366 g/mol. The van der Waals surface area contributed by atoms with Crippen LogP contribution in [0.5, 0.6) is 5.75 Å². The van der Waals surface area contributed by atoms with Crippen molar-refractivity contribution in [3.63, 3.8) is 0 Å². The van der Waals surface area contributed by atoms with Crippen LogP contribution in [0.1, 0.15) is 17.9 Å². The van der Waals surface area contributed by atoms with Crippen LogP contribution in [-0.2, 0) is 17.6 Å². The molecule has 6 nitrogen and oxygen atoms in total. The second kappa shape index (κ2) is 9.19. The number of benzene rings is 2. The highest BCUT2D eigenvalue weighted by atomic mass is 35.5. The zero-order valence-corrected chi connectivity index (χ0v) is 15.7. The van der Waals surface area contributed by atoms with E-state index in [1.165, 1.54) is 0 Å². The van der Waals surface area contributed by atoms with Crippen LogP contribution >= 0.6 is 11.6 Å². The molecule has 0 saturated carbocycles. The highest BCUT2D eigenvalue weighted by Crippen LogP contribution is 2.22. The molecule has 0 radical (unpaired) electrons. The number of hydrogen-bond donors (Lipinski definition) is 1. The van der Waals surface area contributed by atoms with Crippen molar-refractivity contribution in [2.45, 2.75) is 19.3 Å². The van der Waals surface area contributed by atoms with E-state index in [0.29, 0.717) is 35.5 Å². The molecule has 2 aromatic carbocycles. The summed E-state index contributed by atoms with van der Waals surface area (Å²) in [7, 11) is 1.60. The first-order valence-corrected chi connectivity index (χ1v) is 9.00. The third-order valence-corrected chi connectivity index (χ3v) is 4.21. The molecule has 1 N–H and O–H groups in total. The maximum absolute atomic E-state index is 12.0. The van der Waals surface area contributed by atoms with E-state index in [1.807, 2.05) is 48.5 Å². The minimum absolute atomic E-state index is 0.0573. The van der Waals surface area contributed by atoms with Crippen LogP contribution in [0.15, 0.2) is 52.9 Å². The summed E-state index contributed by atoms with van der Waals surface area (Å²) in [5.41, 5.74) is 1.86. The number of aryl methyl sites for hydroxylation is 1. The van der Waals surface area contributed by atoms with Crippen LogP contribution in [-0.4, -0.2) is 29.8 Å². The minimum atomic E-state index is -0.0573. The van der Waals surface area contributed by atoms with Crippen molar-refractivity contribution >= 4 is 17.5 Å². The molecule has 0 aliphatic rings. The fourth-order valence-corrected chi connectivity index (χ4v) is 2.79. The normalized spacial score (nSPS) is 10.6. The minimum Gasteiger partial charge on any atom is -0.497 e. The number of hydrogen-bond acceptors (Lipinski definition) is 5. The van der Waals surface area contributed by atoms with E-state index >= 15 is 0 Å². The van der Waals surface area contributed by atoms with E-state index in [1.54, 1.807) is 7.11 Å². The van der Waals surface area contributed by atoms with Gasteiger partial charge in [0.1, 0.15) is 5.75 Å². The number of carbonyl (C=O) groups is 1. The van der Waals surface area contributed by atoms with Gasteiger partial charge in [-0.25, -0.2) is 0 Å². The first kappa shape index (κ1) is 18.9. The Morgan fingerprint density at radius 2 is 2.00 bits per heavy atom. The van der Waals surface area contributed by atoms with Gasteiger partial charge in [-0.2, -0.15) is 0 Å². The zero-order chi connectivity index (χ0) is 19.1. The summed E-state index contributed by atoms with van der Waals surface area (Å²) in [6.07, 6.45) is 1.40. The molecule has 7 heteroatoms. The molecule has 0 aliphatic heterocycles. The molecule has 0 spiro atoms. The van der Waals surface area contributed by atoms with Gasteiger partial charge in [0.2, 0.25) is 17.7 Å². The molecule has 0 atom stereocenters. The second-order valence-corrected chi connectivity index (χ2v) is 6.40. The van der Waals surface area contributed by atoms with E-state index in [9.17, 15) is 4.79 Å². The van der Waals surface area contributed by atoms with Gasteiger partial charge >= 0.3 is 0 Å². The molecule has 0 aliphatic carbocycles. The van der Waals surface area contributed by atoms with Gasteiger partial charge in [0.25, 0.3) is 0 Å². The van der Waals surface area contributed by atoms with Gasteiger partial charge in [-0.15, -0.1) is 10.2 Å². The van der Waals surface area contributed by atoms with E-state index in [-0.39, 0.29) is 12.3 Å². The number of methoxy groups -OCH3 is 1. The first-order chi connectivity index (χ1) is 13.1. The number of carbonyl (C=O) groups excluding carboxylic acids is 1. The van der Waals surface area contributed by atoms with Crippen LogP contribution < -0.4 is 10.1 Å². The predicted octanol–water partition coefficient (Wildman–Crippen LogP) is 3.69. The van der Waals surface area contributed by atoms with Gasteiger partial charge in [0.05, 0.1) is 7.11 Å². The van der Waals surface area contributed by atoms with Crippen molar-refractivity contribution in [3.8, 4) is 17.2 Å². The molecule has 1 amide bonds. The smallest absolute Gasteiger partial charge is 0.247 e. The Morgan fingerprint density at radius 3 is 2.81 bits per heavy atom. The first-order valence-electron chi connectivity index (χ1n) is 8.62. The maximum Gasteiger partial charge on any atom is 0.247 e. The Bertz CT molecular complexity index is 911. The fraction of sp³-hybridized carbons (Fsp3) is 0.250. The largest absolute Gasteiger partial charge is 0.497 e. The lowest BCUT2D eigenvalue weighted by atomic mass is 10.1. The van der Waals surface area contributed by atoms with Gasteiger partial charge in [-0.1, -0.05) is 29.8 Å². The van der Waals surface area contributed by atoms with Crippen molar-refractivity contribution < 1.29 is 13.9 Å². The summed E-state index contributed by atoms with van der Waals surface area (Å²) >= 11 is 5.95. The number of nitrogens with zero attached hydrogens (tertiary/aromatic N) is 2. The second-order valence-electron chi connectivity index (χ2n) is 5.96. The lowest BCUT2D eigenvalue weighted by Gasteiger charge is -2.05. The van der Waals surface area contributed by atoms with Gasteiger partial charge in [0.15, 0.2) is 0 Å². The van der Waals surface area contributed by atoms with Gasteiger partial charge < -0.3 is 14.5 Å². The average molecular weight is 386 g/mol. The predicted molar refractivity (Wildman–Crippen MR) is 103 cm³/mol. The highest BCUT2D eigenvalue weighted by Gasteiger charge is 2.11. The van der Waals surface area contributed by atoms with E-state index < -0.39 is 0 Å². The molecule has 27 heavy (non-hydrogen) atoms. The standard InChI is InChI=1S/C20H20ClN3O3/c1-26-17-7-3-5-15(13-17)20-24-23-19(27-20)9-8-18(25)22-11-10-14-4-2-6-16(21)12-14/h2-7,12-13H,8-11H2,1H3,(H,22,25). The van der Waals surface area contributed by atoms with Gasteiger partial charge in [-0.3, -0.25) is 4.79 Å². The lowest BCUT2D eigenvalue weighted by molar-refractivity contribution is -0.121. The summed E-state index contributed by atoms with van der Waals surface area (Å²) in [4.78, 5) is 12.0. The summed E-state index contributed by atoms with van der Waals surface area (Å²) in [6.45, 7) is 0.554. The molecule has 0 saturated heterocycles. The molecule has 0 bridgehead atoms. The quantitative estimate of drug-likeness (QED) is 0.639. The fourth-order valence-electron chi connectivity index (χ4n) is 2.57. The van der Waals surface area contributed by atoms with Gasteiger partial charge in [-0.05, 0) is 42.3 Å². The summed E-state index contributed by atoms with van der Waals surface area (Å²) in [5, 5.41) is 11.6. The summed E-state index contributed by atoms with van der Waals surface area (Å²) in [6, 6.07) is 15.0. The third kappa shape index (κ3) is 5.56. The van der Waals surface area contributed by atoms with Crippen LogP contribution in [0.3, 0.4) is 0 Å². The van der Waals surface area contributed by atoms with Gasteiger partial charge in [0, 0.05) is 30.0 Å². The van der Waals surface area contributed by atoms with Crippen molar-refractivity contribution in [2.24, 2.45) is 0 Å². The Hall–Kier alpha value is -2.86. The SMILES string of the molecule is COc1cccc(-c2nnc(CCC(=O)NCCc3cccc(Cl)c3)o2)c1. The average Bonchev–Trinajstić information content (AvgIpc) is 3.16. The molecule has 1 heterocycles. The maximum atomic E-state index is 12.0. The lowest BCUT2D eigenvalue weighted by Crippen LogP contribution is -2.25.